The minimum absolute atomic E-state index is 0.0212. The first-order chi connectivity index (χ1) is 18.0. The average Bonchev–Trinajstić information content (AvgIpc) is 3.44. The van der Waals surface area contributed by atoms with Crippen LogP contribution in [0.25, 0.3) is 11.5 Å². The number of carbonyl (C=O) groups excluding carboxylic acids is 1. The van der Waals surface area contributed by atoms with Gasteiger partial charge in [0.25, 0.3) is 5.89 Å². The molecule has 0 spiro atoms. The molecule has 37 heavy (non-hydrogen) atoms. The number of rotatable bonds is 6. The molecule has 1 aromatic heterocycles. The van der Waals surface area contributed by atoms with E-state index >= 15 is 4.39 Å². The molecule has 0 radical (unpaired) electrons. The van der Waals surface area contributed by atoms with Crippen molar-refractivity contribution in [3.05, 3.63) is 65.3 Å². The molecule has 2 aliphatic heterocycles. The van der Waals surface area contributed by atoms with Crippen LogP contribution in [-0.2, 0) is 6.54 Å². The first-order valence-corrected chi connectivity index (χ1v) is 13.5. The van der Waals surface area contributed by atoms with Gasteiger partial charge in [-0.2, -0.15) is 20.5 Å². The number of benzene rings is 2. The van der Waals surface area contributed by atoms with Gasteiger partial charge < -0.3 is 14.6 Å². The van der Waals surface area contributed by atoms with E-state index in [2.05, 4.69) is 27.6 Å². The molecule has 2 saturated heterocycles. The van der Waals surface area contributed by atoms with Crippen LogP contribution in [0.5, 0.6) is 0 Å². The fraction of sp³-hybridized carbons (Fsp3) is 0.423. The van der Waals surface area contributed by atoms with E-state index < -0.39 is 18.1 Å². The Kier molecular flexibility index (Phi) is 7.99. The fourth-order valence-electron chi connectivity index (χ4n) is 4.69. The number of carbonyl (C=O) groups is 1. The van der Waals surface area contributed by atoms with Crippen molar-refractivity contribution < 1.29 is 22.4 Å². The largest absolute Gasteiger partial charge is 0.415 e. The molecule has 1 N–H and O–H groups in total. The zero-order chi connectivity index (χ0) is 25.8. The van der Waals surface area contributed by atoms with E-state index in [9.17, 15) is 13.6 Å². The third-order valence-electron chi connectivity index (χ3n) is 6.78. The number of piperidine rings is 1. The van der Waals surface area contributed by atoms with E-state index in [-0.39, 0.29) is 24.0 Å². The quantitative estimate of drug-likeness (QED) is 0.456. The molecule has 2 fully saturated rings. The van der Waals surface area contributed by atoms with Crippen LogP contribution in [0, 0.1) is 5.82 Å². The number of alkyl halides is 2. The Morgan fingerprint density at radius 2 is 1.84 bits per heavy atom. The Labute approximate surface area is 217 Å². The van der Waals surface area contributed by atoms with Crippen molar-refractivity contribution in [2.45, 2.75) is 31.7 Å². The van der Waals surface area contributed by atoms with Gasteiger partial charge in [0.05, 0.1) is 6.54 Å². The SMILES string of the molecule is O=C(N1CCSCC1)N(Cc1ccc(-c2nnc(C(F)F)o2)cc1F)c1ccc(C2CCNCC2)cc1. The highest BCUT2D eigenvalue weighted by atomic mass is 32.2. The van der Waals surface area contributed by atoms with E-state index in [1.54, 1.807) is 21.6 Å². The van der Waals surface area contributed by atoms with Crippen molar-refractivity contribution >= 4 is 23.5 Å². The summed E-state index contributed by atoms with van der Waals surface area (Å²) in [7, 11) is 0. The van der Waals surface area contributed by atoms with Crippen molar-refractivity contribution in [2.24, 2.45) is 0 Å². The fourth-order valence-corrected chi connectivity index (χ4v) is 5.60. The van der Waals surface area contributed by atoms with Gasteiger partial charge in [-0.25, -0.2) is 9.18 Å². The van der Waals surface area contributed by atoms with Crippen molar-refractivity contribution in [1.29, 1.82) is 0 Å². The van der Waals surface area contributed by atoms with Gasteiger partial charge in [0.2, 0.25) is 5.89 Å². The Balaban J connectivity index is 1.40. The first-order valence-electron chi connectivity index (χ1n) is 12.3. The second kappa shape index (κ2) is 11.6. The van der Waals surface area contributed by atoms with Gasteiger partial charge in [-0.3, -0.25) is 4.90 Å². The summed E-state index contributed by atoms with van der Waals surface area (Å²) in [5.74, 6) is 0.618. The van der Waals surface area contributed by atoms with Crippen molar-refractivity contribution in [2.75, 3.05) is 42.6 Å². The summed E-state index contributed by atoms with van der Waals surface area (Å²) in [4.78, 5) is 17.0. The summed E-state index contributed by atoms with van der Waals surface area (Å²) in [5.41, 5.74) is 2.42. The molecule has 11 heteroatoms. The maximum atomic E-state index is 15.2. The lowest BCUT2D eigenvalue weighted by Gasteiger charge is -2.33. The number of anilines is 1. The van der Waals surface area contributed by atoms with Gasteiger partial charge in [0.1, 0.15) is 5.82 Å². The number of amides is 2. The first kappa shape index (κ1) is 25.6. The molecule has 7 nitrogen and oxygen atoms in total. The summed E-state index contributed by atoms with van der Waals surface area (Å²) < 4.78 is 45.7. The molecule has 0 bridgehead atoms. The van der Waals surface area contributed by atoms with Gasteiger partial charge in [-0.1, -0.05) is 18.2 Å². The third-order valence-corrected chi connectivity index (χ3v) is 7.73. The third kappa shape index (κ3) is 5.93. The summed E-state index contributed by atoms with van der Waals surface area (Å²) >= 11 is 1.81. The summed E-state index contributed by atoms with van der Waals surface area (Å²) in [5, 5.41) is 10.3. The highest BCUT2D eigenvalue weighted by molar-refractivity contribution is 7.99. The lowest BCUT2D eigenvalue weighted by Crippen LogP contribution is -2.46. The minimum Gasteiger partial charge on any atom is -0.415 e. The Hall–Kier alpha value is -3.05. The number of hydrogen-bond donors (Lipinski definition) is 1. The maximum Gasteiger partial charge on any atom is 0.324 e. The second-order valence-corrected chi connectivity index (χ2v) is 10.4. The molecular weight excluding hydrogens is 503 g/mol. The van der Waals surface area contributed by atoms with Crippen molar-refractivity contribution in [3.8, 4) is 11.5 Å². The molecular formula is C26H28F3N5O2S. The van der Waals surface area contributed by atoms with Crippen LogP contribution >= 0.6 is 11.8 Å². The minimum atomic E-state index is -2.90. The number of halogens is 3. The molecule has 0 atom stereocenters. The topological polar surface area (TPSA) is 74.5 Å². The molecule has 0 saturated carbocycles. The van der Waals surface area contributed by atoms with E-state index in [0.717, 1.165) is 37.4 Å². The van der Waals surface area contributed by atoms with Crippen LogP contribution in [0.2, 0.25) is 0 Å². The van der Waals surface area contributed by atoms with Gasteiger partial charge in [0, 0.05) is 41.4 Å². The zero-order valence-corrected chi connectivity index (χ0v) is 21.0. The predicted octanol–water partition coefficient (Wildman–Crippen LogP) is 5.46. The predicted molar refractivity (Wildman–Crippen MR) is 136 cm³/mol. The average molecular weight is 532 g/mol. The van der Waals surface area contributed by atoms with Crippen LogP contribution in [0.1, 0.15) is 42.2 Å². The molecule has 2 aromatic carbocycles. The number of nitrogens with zero attached hydrogens (tertiary/aromatic N) is 4. The van der Waals surface area contributed by atoms with Gasteiger partial charge >= 0.3 is 12.5 Å². The van der Waals surface area contributed by atoms with E-state index in [4.69, 9.17) is 4.42 Å². The van der Waals surface area contributed by atoms with Crippen molar-refractivity contribution in [1.82, 2.24) is 20.4 Å². The number of aromatic nitrogens is 2. The number of hydrogen-bond acceptors (Lipinski definition) is 6. The van der Waals surface area contributed by atoms with E-state index in [1.807, 2.05) is 12.1 Å². The van der Waals surface area contributed by atoms with E-state index in [0.29, 0.717) is 30.3 Å². The zero-order valence-electron chi connectivity index (χ0n) is 20.2. The van der Waals surface area contributed by atoms with Gasteiger partial charge in [-0.15, -0.1) is 10.2 Å². The van der Waals surface area contributed by atoms with Gasteiger partial charge in [-0.05, 0) is 61.7 Å². The van der Waals surface area contributed by atoms with Crippen LogP contribution in [0.4, 0.5) is 23.7 Å². The number of urea groups is 1. The van der Waals surface area contributed by atoms with Crippen molar-refractivity contribution in [3.63, 3.8) is 0 Å². The van der Waals surface area contributed by atoms with Crippen LogP contribution in [0.15, 0.2) is 46.9 Å². The summed E-state index contributed by atoms with van der Waals surface area (Å²) in [6.45, 7) is 3.28. The molecule has 0 unspecified atom stereocenters. The molecule has 3 heterocycles. The summed E-state index contributed by atoms with van der Waals surface area (Å²) in [6.07, 6.45) is -0.757. The molecule has 196 valence electrons. The monoisotopic (exact) mass is 531 g/mol. The maximum absolute atomic E-state index is 15.2. The molecule has 2 aliphatic rings. The molecule has 0 aliphatic carbocycles. The lowest BCUT2D eigenvalue weighted by molar-refractivity contribution is 0.116. The number of nitrogens with one attached hydrogen (secondary N) is 1. The normalized spacial score (nSPS) is 16.8. The Morgan fingerprint density at radius 3 is 2.49 bits per heavy atom. The summed E-state index contributed by atoms with van der Waals surface area (Å²) in [6, 6.07) is 12.0. The van der Waals surface area contributed by atoms with E-state index in [1.165, 1.54) is 23.8 Å². The highest BCUT2D eigenvalue weighted by Gasteiger charge is 2.26. The smallest absolute Gasteiger partial charge is 0.324 e. The van der Waals surface area contributed by atoms with Crippen LogP contribution in [-0.4, -0.2) is 58.8 Å². The standard InChI is InChI=1S/C26H28F3N5O2S/c27-22-15-19(24-31-32-25(36-24)23(28)29)1-2-20(22)16-34(26(35)33-11-13-37-14-12-33)21-5-3-17(4-6-21)18-7-9-30-10-8-18/h1-6,15,18,23,30H,7-14,16H2. The number of thioether (sulfide) groups is 1. The molecule has 3 aromatic rings. The Morgan fingerprint density at radius 1 is 1.11 bits per heavy atom. The van der Waals surface area contributed by atoms with Crippen LogP contribution in [0.3, 0.4) is 0 Å². The van der Waals surface area contributed by atoms with Gasteiger partial charge in [0.15, 0.2) is 0 Å². The molecule has 2 amide bonds. The highest BCUT2D eigenvalue weighted by Crippen LogP contribution is 2.30. The Bertz CT molecular complexity index is 1210. The molecule has 5 rings (SSSR count). The lowest BCUT2D eigenvalue weighted by atomic mass is 9.90. The van der Waals surface area contributed by atoms with Crippen LogP contribution < -0.4 is 10.2 Å². The second-order valence-electron chi connectivity index (χ2n) is 9.14.